The van der Waals surface area contributed by atoms with Crippen LogP contribution in [-0.2, 0) is 13.1 Å². The van der Waals surface area contributed by atoms with E-state index in [-0.39, 0.29) is 6.04 Å². The summed E-state index contributed by atoms with van der Waals surface area (Å²) >= 11 is 0. The molecule has 0 amide bonds. The van der Waals surface area contributed by atoms with Crippen molar-refractivity contribution in [3.63, 3.8) is 0 Å². The van der Waals surface area contributed by atoms with Gasteiger partial charge in [-0.15, -0.1) is 0 Å². The quantitative estimate of drug-likeness (QED) is 0.917. The summed E-state index contributed by atoms with van der Waals surface area (Å²) in [5.74, 6) is -1.01. The molecule has 0 aliphatic carbocycles. The van der Waals surface area contributed by atoms with Crippen molar-refractivity contribution in [2.24, 2.45) is 5.73 Å². The van der Waals surface area contributed by atoms with Crippen LogP contribution in [0.1, 0.15) is 23.6 Å². The van der Waals surface area contributed by atoms with Gasteiger partial charge in [0.05, 0.1) is 6.33 Å². The fourth-order valence-corrected chi connectivity index (χ4v) is 2.98. The lowest BCUT2D eigenvalue weighted by Gasteiger charge is -2.23. The lowest BCUT2D eigenvalue weighted by atomic mass is 10.0. The van der Waals surface area contributed by atoms with Gasteiger partial charge in [-0.25, -0.2) is 13.8 Å². The minimum Gasteiger partial charge on any atom is -0.337 e. The molecule has 0 bridgehead atoms. The maximum Gasteiger partial charge on any atom is 0.130 e. The molecule has 4 nitrogen and oxygen atoms in total. The van der Waals surface area contributed by atoms with E-state index in [0.717, 1.165) is 25.6 Å². The number of halogens is 2. The molecule has 2 N–H and O–H groups in total. The number of nitrogens with zero attached hydrogens (tertiary/aromatic N) is 3. The Labute approximate surface area is 122 Å². The minimum absolute atomic E-state index is 0.104. The first kappa shape index (κ1) is 14.2. The fourth-order valence-electron chi connectivity index (χ4n) is 2.98. The Morgan fingerprint density at radius 1 is 1.29 bits per heavy atom. The highest BCUT2D eigenvalue weighted by molar-refractivity contribution is 5.36. The predicted octanol–water partition coefficient (Wildman–Crippen LogP) is 2.07. The van der Waals surface area contributed by atoms with Crippen molar-refractivity contribution >= 4 is 0 Å². The Hall–Kier alpha value is -1.79. The minimum atomic E-state index is -0.537. The van der Waals surface area contributed by atoms with Crippen LogP contribution in [0.15, 0.2) is 30.9 Å². The molecule has 0 fully saturated rings. The fraction of sp³-hybridized carbons (Fsp3) is 0.400. The number of hydrogen-bond donors (Lipinski definition) is 1. The van der Waals surface area contributed by atoms with Crippen LogP contribution in [0.3, 0.4) is 0 Å². The molecule has 3 rings (SSSR count). The van der Waals surface area contributed by atoms with E-state index in [2.05, 4.69) is 9.88 Å². The molecule has 1 aromatic carbocycles. The van der Waals surface area contributed by atoms with Crippen LogP contribution in [0, 0.1) is 11.6 Å². The maximum atomic E-state index is 13.9. The maximum absolute atomic E-state index is 13.9. The average molecular weight is 292 g/mol. The number of rotatable bonds is 5. The molecule has 0 saturated carbocycles. The van der Waals surface area contributed by atoms with E-state index >= 15 is 0 Å². The second kappa shape index (κ2) is 5.91. The molecule has 2 aromatic rings. The van der Waals surface area contributed by atoms with Crippen LogP contribution in [0.4, 0.5) is 8.78 Å². The van der Waals surface area contributed by atoms with Gasteiger partial charge in [0.1, 0.15) is 11.6 Å². The Kier molecular flexibility index (Phi) is 3.98. The van der Waals surface area contributed by atoms with Gasteiger partial charge in [-0.1, -0.05) is 0 Å². The Morgan fingerprint density at radius 2 is 2.14 bits per heavy atom. The molecule has 112 valence electrons. The zero-order valence-corrected chi connectivity index (χ0v) is 11.7. The third-order valence-corrected chi connectivity index (χ3v) is 4.00. The lowest BCUT2D eigenvalue weighted by molar-refractivity contribution is 0.212. The van der Waals surface area contributed by atoms with Gasteiger partial charge >= 0.3 is 0 Å². The first-order valence-electron chi connectivity index (χ1n) is 7.06. The van der Waals surface area contributed by atoms with Crippen LogP contribution in [0.2, 0.25) is 0 Å². The number of aryl methyl sites for hydroxylation is 1. The number of nitrogens with two attached hydrogens (primary N) is 1. The van der Waals surface area contributed by atoms with Gasteiger partial charge in [-0.05, 0) is 18.1 Å². The summed E-state index contributed by atoms with van der Waals surface area (Å²) in [6.07, 6.45) is 6.33. The Bertz CT molecular complexity index is 612. The third-order valence-electron chi connectivity index (χ3n) is 4.00. The first-order chi connectivity index (χ1) is 10.2. The van der Waals surface area contributed by atoms with Crippen molar-refractivity contribution in [3.05, 3.63) is 53.6 Å². The second-order valence-corrected chi connectivity index (χ2v) is 5.33. The molecule has 0 spiro atoms. The van der Waals surface area contributed by atoms with Crippen molar-refractivity contribution in [1.82, 2.24) is 14.5 Å². The zero-order chi connectivity index (χ0) is 14.8. The van der Waals surface area contributed by atoms with Gasteiger partial charge < -0.3 is 10.3 Å². The van der Waals surface area contributed by atoms with Gasteiger partial charge in [0, 0.05) is 56.2 Å². The molecule has 1 aliphatic rings. The standard InChI is InChI=1S/C15H18F2N4/c16-11-6-12-13(14(17)7-11)9-21(15(12)8-18)4-1-3-20-5-2-19-10-20/h2,5-7,10,15H,1,3-4,8-9,18H2. The van der Waals surface area contributed by atoms with Gasteiger partial charge in [-0.3, -0.25) is 4.90 Å². The number of imidazole rings is 1. The van der Waals surface area contributed by atoms with E-state index in [9.17, 15) is 8.78 Å². The summed E-state index contributed by atoms with van der Waals surface area (Å²) in [5.41, 5.74) is 7.07. The molecule has 0 radical (unpaired) electrons. The number of benzene rings is 1. The van der Waals surface area contributed by atoms with Crippen LogP contribution < -0.4 is 5.73 Å². The van der Waals surface area contributed by atoms with Crippen molar-refractivity contribution in [3.8, 4) is 0 Å². The van der Waals surface area contributed by atoms with Crippen molar-refractivity contribution < 1.29 is 8.78 Å². The van der Waals surface area contributed by atoms with E-state index in [1.54, 1.807) is 12.5 Å². The molecule has 1 atom stereocenters. The zero-order valence-electron chi connectivity index (χ0n) is 11.7. The van der Waals surface area contributed by atoms with E-state index in [1.807, 2.05) is 10.8 Å². The monoisotopic (exact) mass is 292 g/mol. The Balaban J connectivity index is 1.69. The molecule has 21 heavy (non-hydrogen) atoms. The molecule has 6 heteroatoms. The van der Waals surface area contributed by atoms with Gasteiger partial charge in [0.15, 0.2) is 0 Å². The summed E-state index contributed by atoms with van der Waals surface area (Å²) in [5, 5.41) is 0. The van der Waals surface area contributed by atoms with E-state index < -0.39 is 11.6 Å². The highest BCUT2D eigenvalue weighted by Gasteiger charge is 2.31. The topological polar surface area (TPSA) is 47.1 Å². The van der Waals surface area contributed by atoms with E-state index in [4.69, 9.17) is 5.73 Å². The molecule has 1 aliphatic heterocycles. The highest BCUT2D eigenvalue weighted by atomic mass is 19.1. The van der Waals surface area contributed by atoms with Crippen molar-refractivity contribution in [2.45, 2.75) is 25.6 Å². The lowest BCUT2D eigenvalue weighted by Crippen LogP contribution is -2.29. The molecular formula is C15H18F2N4. The molecule has 0 saturated heterocycles. The van der Waals surface area contributed by atoms with Crippen LogP contribution in [0.5, 0.6) is 0 Å². The molecule has 2 heterocycles. The summed E-state index contributed by atoms with van der Waals surface area (Å²) in [4.78, 5) is 6.11. The average Bonchev–Trinajstić information content (AvgIpc) is 3.06. The molecular weight excluding hydrogens is 274 g/mol. The smallest absolute Gasteiger partial charge is 0.130 e. The summed E-state index contributed by atoms with van der Waals surface area (Å²) in [6.45, 7) is 2.49. The molecule has 1 unspecified atom stereocenters. The number of hydrogen-bond acceptors (Lipinski definition) is 3. The molecule has 1 aromatic heterocycles. The summed E-state index contributed by atoms with van der Waals surface area (Å²) in [7, 11) is 0. The number of aromatic nitrogens is 2. The number of fused-ring (bicyclic) bond motifs is 1. The summed E-state index contributed by atoms with van der Waals surface area (Å²) < 4.78 is 29.2. The van der Waals surface area contributed by atoms with Crippen LogP contribution in [-0.4, -0.2) is 27.5 Å². The summed E-state index contributed by atoms with van der Waals surface area (Å²) in [6, 6.07) is 2.25. The van der Waals surface area contributed by atoms with Crippen molar-refractivity contribution in [1.29, 1.82) is 0 Å². The van der Waals surface area contributed by atoms with E-state index in [0.29, 0.717) is 24.2 Å². The van der Waals surface area contributed by atoms with Crippen LogP contribution >= 0.6 is 0 Å². The second-order valence-electron chi connectivity index (χ2n) is 5.33. The first-order valence-corrected chi connectivity index (χ1v) is 7.06. The highest BCUT2D eigenvalue weighted by Crippen LogP contribution is 2.35. The van der Waals surface area contributed by atoms with Crippen LogP contribution in [0.25, 0.3) is 0 Å². The van der Waals surface area contributed by atoms with Gasteiger partial charge in [0.25, 0.3) is 0 Å². The van der Waals surface area contributed by atoms with Gasteiger partial charge in [-0.2, -0.15) is 0 Å². The Morgan fingerprint density at radius 3 is 2.86 bits per heavy atom. The van der Waals surface area contributed by atoms with Crippen molar-refractivity contribution in [2.75, 3.05) is 13.1 Å². The van der Waals surface area contributed by atoms with E-state index in [1.165, 1.54) is 6.07 Å². The predicted molar refractivity (Wildman–Crippen MR) is 75.4 cm³/mol. The van der Waals surface area contributed by atoms with Gasteiger partial charge in [0.2, 0.25) is 0 Å². The normalized spacial score (nSPS) is 18.1. The largest absolute Gasteiger partial charge is 0.337 e. The third kappa shape index (κ3) is 2.82. The SMILES string of the molecule is NCC1c2cc(F)cc(F)c2CN1CCCn1ccnc1.